The lowest BCUT2D eigenvalue weighted by atomic mass is 10.2. The van der Waals surface area contributed by atoms with Gasteiger partial charge in [0.25, 0.3) is 5.56 Å². The summed E-state index contributed by atoms with van der Waals surface area (Å²) in [5.41, 5.74) is 2.14. The number of aromatic nitrogens is 4. The quantitative estimate of drug-likeness (QED) is 0.330. The van der Waals surface area contributed by atoms with E-state index in [9.17, 15) is 4.79 Å². The lowest BCUT2D eigenvalue weighted by Crippen LogP contribution is -2.24. The van der Waals surface area contributed by atoms with Crippen LogP contribution in [0.5, 0.6) is 5.75 Å². The number of hydrogen-bond donors (Lipinski definition) is 1. The van der Waals surface area contributed by atoms with Gasteiger partial charge in [-0.2, -0.15) is 0 Å². The number of benzene rings is 2. The fourth-order valence-electron chi connectivity index (χ4n) is 4.72. The average Bonchev–Trinajstić information content (AvgIpc) is 3.26. The Morgan fingerprint density at radius 2 is 2.03 bits per heavy atom. The minimum Gasteiger partial charge on any atom is -0.495 e. The molecule has 0 radical (unpaired) electrons. The van der Waals surface area contributed by atoms with Crippen molar-refractivity contribution >= 4 is 40.1 Å². The van der Waals surface area contributed by atoms with Crippen LogP contribution >= 0.6 is 23.4 Å². The predicted molar refractivity (Wildman–Crippen MR) is 130 cm³/mol. The average molecular weight is 478 g/mol. The van der Waals surface area contributed by atoms with Gasteiger partial charge in [0.2, 0.25) is 0 Å². The number of para-hydroxylation sites is 2. The van der Waals surface area contributed by atoms with E-state index in [4.69, 9.17) is 21.3 Å². The minimum atomic E-state index is -0.226. The first-order chi connectivity index (χ1) is 16.1. The van der Waals surface area contributed by atoms with E-state index in [1.165, 1.54) is 5.56 Å². The Balaban J connectivity index is 1.48. The number of thioether (sulfide) groups is 1. The van der Waals surface area contributed by atoms with Gasteiger partial charge in [0, 0.05) is 17.5 Å². The molecule has 6 rings (SSSR count). The van der Waals surface area contributed by atoms with Crippen LogP contribution < -0.4 is 15.6 Å². The third kappa shape index (κ3) is 3.20. The number of anilines is 1. The summed E-state index contributed by atoms with van der Waals surface area (Å²) in [7, 11) is 1.59. The Morgan fingerprint density at radius 3 is 2.88 bits per heavy atom. The highest BCUT2D eigenvalue weighted by Crippen LogP contribution is 2.57. The molecule has 7 nitrogen and oxygen atoms in total. The van der Waals surface area contributed by atoms with E-state index in [0.717, 1.165) is 10.8 Å². The molecule has 2 aromatic heterocycles. The first kappa shape index (κ1) is 20.5. The summed E-state index contributed by atoms with van der Waals surface area (Å²) in [6.07, 6.45) is 1.59. The summed E-state index contributed by atoms with van der Waals surface area (Å²) in [5, 5.41) is 5.18. The first-order valence-corrected chi connectivity index (χ1v) is 12.0. The van der Waals surface area contributed by atoms with Crippen LogP contribution in [0.1, 0.15) is 24.2 Å². The van der Waals surface area contributed by atoms with Gasteiger partial charge in [0.1, 0.15) is 28.7 Å². The van der Waals surface area contributed by atoms with E-state index in [0.29, 0.717) is 56.8 Å². The molecule has 3 unspecified atom stereocenters. The summed E-state index contributed by atoms with van der Waals surface area (Å²) in [6.45, 7) is 2.24. The monoisotopic (exact) mass is 477 g/mol. The molecule has 33 heavy (non-hydrogen) atoms. The Hall–Kier alpha value is -3.10. The van der Waals surface area contributed by atoms with E-state index in [1.807, 2.05) is 30.3 Å². The molecule has 3 atom stereocenters. The Labute approximate surface area is 199 Å². The maximum absolute atomic E-state index is 13.7. The van der Waals surface area contributed by atoms with Crippen LogP contribution in [0.3, 0.4) is 0 Å². The molecule has 2 aliphatic rings. The number of ether oxygens (including phenoxy) is 1. The van der Waals surface area contributed by atoms with Crippen LogP contribution in [0.15, 0.2) is 58.6 Å². The number of halogens is 1. The van der Waals surface area contributed by atoms with Crippen molar-refractivity contribution in [2.75, 3.05) is 12.4 Å². The van der Waals surface area contributed by atoms with Crippen molar-refractivity contribution in [1.29, 1.82) is 0 Å². The highest BCUT2D eigenvalue weighted by molar-refractivity contribution is 7.98. The molecule has 166 valence electrons. The van der Waals surface area contributed by atoms with E-state index in [1.54, 1.807) is 41.9 Å². The molecular formula is C24H20ClN5O2S. The molecule has 9 heteroatoms. The molecule has 1 saturated carbocycles. The van der Waals surface area contributed by atoms with Crippen molar-refractivity contribution in [1.82, 2.24) is 19.5 Å². The summed E-state index contributed by atoms with van der Waals surface area (Å²) in [5.74, 6) is 3.58. The largest absolute Gasteiger partial charge is 0.495 e. The second kappa shape index (κ2) is 7.74. The molecule has 3 heterocycles. The predicted octanol–water partition coefficient (Wildman–Crippen LogP) is 4.66. The normalized spacial score (nSPS) is 20.3. The van der Waals surface area contributed by atoms with Crippen LogP contribution in [-0.2, 0) is 5.75 Å². The van der Waals surface area contributed by atoms with Gasteiger partial charge in [-0.25, -0.2) is 15.0 Å². The summed E-state index contributed by atoms with van der Waals surface area (Å²) < 4.78 is 7.15. The number of fused-ring (bicyclic) bond motifs is 4. The molecule has 1 fully saturated rings. The SMILES string of the molecule is COc1ccccc1-n1c(CSc2ncnc3c2C2C(C)C2N3)nc2cccc(Cl)c2c1=O. The van der Waals surface area contributed by atoms with Gasteiger partial charge in [0.15, 0.2) is 0 Å². The first-order valence-electron chi connectivity index (χ1n) is 10.7. The van der Waals surface area contributed by atoms with E-state index in [-0.39, 0.29) is 5.56 Å². The summed E-state index contributed by atoms with van der Waals surface area (Å²) in [4.78, 5) is 27.5. The van der Waals surface area contributed by atoms with Crippen molar-refractivity contribution in [3.05, 3.63) is 75.6 Å². The van der Waals surface area contributed by atoms with E-state index >= 15 is 0 Å². The van der Waals surface area contributed by atoms with Gasteiger partial charge in [-0.15, -0.1) is 0 Å². The lowest BCUT2D eigenvalue weighted by Gasteiger charge is -2.17. The van der Waals surface area contributed by atoms with Crippen LogP contribution in [0.25, 0.3) is 16.6 Å². The fourth-order valence-corrected chi connectivity index (χ4v) is 5.94. The third-order valence-electron chi connectivity index (χ3n) is 6.44. The molecule has 0 spiro atoms. The zero-order valence-electron chi connectivity index (χ0n) is 17.9. The molecule has 1 aliphatic heterocycles. The molecular weight excluding hydrogens is 458 g/mol. The molecule has 1 aliphatic carbocycles. The van der Waals surface area contributed by atoms with Crippen LogP contribution in [-0.4, -0.2) is 32.7 Å². The Morgan fingerprint density at radius 1 is 1.18 bits per heavy atom. The van der Waals surface area contributed by atoms with Gasteiger partial charge < -0.3 is 10.1 Å². The standard InChI is InChI=1S/C24H20ClN5O2S/c1-12-18-20-22(29-21(12)18)26-11-27-23(20)33-10-17-28-14-7-5-6-13(25)19(14)24(31)30(17)15-8-3-4-9-16(15)32-2/h3-9,11-12,18,21H,10H2,1-2H3,(H,26,27,29). The lowest BCUT2D eigenvalue weighted by molar-refractivity contribution is 0.412. The maximum atomic E-state index is 13.7. The van der Waals surface area contributed by atoms with Crippen molar-refractivity contribution in [3.8, 4) is 11.4 Å². The van der Waals surface area contributed by atoms with Crippen molar-refractivity contribution in [2.24, 2.45) is 5.92 Å². The minimum absolute atomic E-state index is 0.226. The number of hydrogen-bond acceptors (Lipinski definition) is 7. The van der Waals surface area contributed by atoms with Crippen LogP contribution in [0.4, 0.5) is 5.82 Å². The topological polar surface area (TPSA) is 81.9 Å². The van der Waals surface area contributed by atoms with Gasteiger partial charge in [-0.05, 0) is 30.2 Å². The molecule has 0 amide bonds. The highest BCUT2D eigenvalue weighted by Gasteiger charge is 2.55. The van der Waals surface area contributed by atoms with Crippen LogP contribution in [0, 0.1) is 5.92 Å². The summed E-state index contributed by atoms with van der Waals surface area (Å²) in [6, 6.07) is 13.2. The fraction of sp³-hybridized carbons (Fsp3) is 0.250. The van der Waals surface area contributed by atoms with E-state index in [2.05, 4.69) is 22.2 Å². The zero-order valence-corrected chi connectivity index (χ0v) is 19.5. The molecule has 2 aromatic carbocycles. The van der Waals surface area contributed by atoms with Gasteiger partial charge in [-0.1, -0.05) is 48.5 Å². The number of nitrogens with one attached hydrogen (secondary N) is 1. The van der Waals surface area contributed by atoms with Crippen molar-refractivity contribution in [3.63, 3.8) is 0 Å². The van der Waals surface area contributed by atoms with E-state index < -0.39 is 0 Å². The van der Waals surface area contributed by atoms with Crippen molar-refractivity contribution < 1.29 is 4.74 Å². The van der Waals surface area contributed by atoms with Gasteiger partial charge in [-0.3, -0.25) is 9.36 Å². The van der Waals surface area contributed by atoms with Crippen LogP contribution in [0.2, 0.25) is 5.02 Å². The third-order valence-corrected chi connectivity index (χ3v) is 7.76. The molecule has 0 saturated heterocycles. The second-order valence-corrected chi connectivity index (χ2v) is 9.63. The molecule has 1 N–H and O–H groups in total. The smallest absolute Gasteiger partial charge is 0.267 e. The number of methoxy groups -OCH3 is 1. The number of nitrogens with zero attached hydrogens (tertiary/aromatic N) is 4. The van der Waals surface area contributed by atoms with Gasteiger partial charge >= 0.3 is 0 Å². The van der Waals surface area contributed by atoms with Gasteiger partial charge in [0.05, 0.1) is 34.5 Å². The highest BCUT2D eigenvalue weighted by atomic mass is 35.5. The molecule has 0 bridgehead atoms. The summed E-state index contributed by atoms with van der Waals surface area (Å²) >= 11 is 7.97. The molecule has 4 aromatic rings. The number of rotatable bonds is 5. The Bertz CT molecular complexity index is 1470. The second-order valence-electron chi connectivity index (χ2n) is 8.26. The Kier molecular flexibility index (Phi) is 4.81. The van der Waals surface area contributed by atoms with Crippen molar-refractivity contribution in [2.45, 2.75) is 29.7 Å². The zero-order chi connectivity index (χ0) is 22.7. The maximum Gasteiger partial charge on any atom is 0.267 e.